The first-order valence-corrected chi connectivity index (χ1v) is 5.63. The minimum absolute atomic E-state index is 0.0914. The van der Waals surface area contributed by atoms with Crippen LogP contribution < -0.4 is 5.73 Å². The smallest absolute Gasteiger partial charge is 0.248 e. The van der Waals surface area contributed by atoms with Crippen molar-refractivity contribution in [2.24, 2.45) is 5.73 Å². The Morgan fingerprint density at radius 3 is 2.77 bits per heavy atom. The van der Waals surface area contributed by atoms with Gasteiger partial charge in [0.2, 0.25) is 5.91 Å². The Balaban J connectivity index is 2.13. The monoisotopic (exact) mass is 204 g/mol. The van der Waals surface area contributed by atoms with E-state index in [0.717, 1.165) is 24.6 Å². The number of ether oxygens (including phenoxy) is 1. The lowest BCUT2D eigenvalue weighted by Crippen LogP contribution is -2.40. The molecule has 1 aliphatic rings. The summed E-state index contributed by atoms with van der Waals surface area (Å²) in [4.78, 5) is 13.3. The lowest BCUT2D eigenvalue weighted by molar-refractivity contribution is -0.135. The number of nitrogens with two attached hydrogens (primary N) is 1. The molecule has 1 fully saturated rings. The summed E-state index contributed by atoms with van der Waals surface area (Å²) < 4.78 is 5.07. The zero-order chi connectivity index (χ0) is 9.52. The molecule has 0 bridgehead atoms. The summed E-state index contributed by atoms with van der Waals surface area (Å²) in [6.07, 6.45) is 0. The Hall–Kier alpha value is -0.260. The summed E-state index contributed by atoms with van der Waals surface area (Å²) in [5.74, 6) is 2.18. The van der Waals surface area contributed by atoms with E-state index in [-0.39, 0.29) is 12.5 Å². The van der Waals surface area contributed by atoms with E-state index in [4.69, 9.17) is 10.5 Å². The van der Waals surface area contributed by atoms with Gasteiger partial charge in [0.15, 0.2) is 0 Å². The fourth-order valence-electron chi connectivity index (χ4n) is 1.15. The summed E-state index contributed by atoms with van der Waals surface area (Å²) in [7, 11) is 0. The minimum atomic E-state index is 0.0914. The van der Waals surface area contributed by atoms with Gasteiger partial charge in [-0.1, -0.05) is 0 Å². The van der Waals surface area contributed by atoms with Crippen LogP contribution >= 0.6 is 11.8 Å². The summed E-state index contributed by atoms with van der Waals surface area (Å²) >= 11 is 1.89. The van der Waals surface area contributed by atoms with Gasteiger partial charge >= 0.3 is 0 Å². The van der Waals surface area contributed by atoms with E-state index in [1.807, 2.05) is 16.7 Å². The van der Waals surface area contributed by atoms with Crippen LogP contribution in [0.4, 0.5) is 0 Å². The Labute approximate surface area is 82.8 Å². The number of thioether (sulfide) groups is 1. The van der Waals surface area contributed by atoms with Crippen molar-refractivity contribution in [3.8, 4) is 0 Å². The normalized spacial score (nSPS) is 17.5. The molecule has 1 rings (SSSR count). The van der Waals surface area contributed by atoms with Gasteiger partial charge in [0.1, 0.15) is 6.61 Å². The van der Waals surface area contributed by atoms with Gasteiger partial charge in [-0.3, -0.25) is 4.79 Å². The molecule has 1 amide bonds. The molecule has 1 aliphatic heterocycles. The molecule has 76 valence electrons. The molecular weight excluding hydrogens is 188 g/mol. The van der Waals surface area contributed by atoms with Gasteiger partial charge in [-0.15, -0.1) is 0 Å². The van der Waals surface area contributed by atoms with E-state index < -0.39 is 0 Å². The highest BCUT2D eigenvalue weighted by molar-refractivity contribution is 7.99. The predicted octanol–water partition coefficient (Wildman–Crippen LogP) is -0.463. The first-order valence-electron chi connectivity index (χ1n) is 4.48. The number of amides is 1. The highest BCUT2D eigenvalue weighted by Gasteiger charge is 2.15. The van der Waals surface area contributed by atoms with E-state index in [1.165, 1.54) is 0 Å². The fourth-order valence-corrected chi connectivity index (χ4v) is 2.05. The first-order chi connectivity index (χ1) is 6.34. The third kappa shape index (κ3) is 3.97. The average Bonchev–Trinajstić information content (AvgIpc) is 2.19. The molecule has 0 radical (unpaired) electrons. The number of rotatable bonds is 4. The maximum Gasteiger partial charge on any atom is 0.248 e. The molecule has 0 aliphatic carbocycles. The third-order valence-corrected chi connectivity index (χ3v) is 2.79. The second kappa shape index (κ2) is 6.23. The SMILES string of the molecule is NCCOCC(=O)N1CCSCC1. The molecule has 1 saturated heterocycles. The lowest BCUT2D eigenvalue weighted by Gasteiger charge is -2.26. The van der Waals surface area contributed by atoms with Crippen LogP contribution in [0.15, 0.2) is 0 Å². The van der Waals surface area contributed by atoms with Gasteiger partial charge in [-0.25, -0.2) is 0 Å². The molecule has 0 aromatic rings. The second-order valence-corrected chi connectivity index (χ2v) is 4.06. The van der Waals surface area contributed by atoms with Gasteiger partial charge < -0.3 is 15.4 Å². The number of hydrogen-bond donors (Lipinski definition) is 1. The van der Waals surface area contributed by atoms with Crippen LogP contribution in [-0.4, -0.2) is 55.2 Å². The lowest BCUT2D eigenvalue weighted by atomic mass is 10.4. The zero-order valence-corrected chi connectivity index (χ0v) is 8.52. The predicted molar refractivity (Wildman–Crippen MR) is 53.8 cm³/mol. The summed E-state index contributed by atoms with van der Waals surface area (Å²) in [6.45, 7) is 2.84. The number of carbonyl (C=O) groups excluding carboxylic acids is 1. The van der Waals surface area contributed by atoms with Crippen molar-refractivity contribution in [3.63, 3.8) is 0 Å². The van der Waals surface area contributed by atoms with Crippen LogP contribution in [-0.2, 0) is 9.53 Å². The fraction of sp³-hybridized carbons (Fsp3) is 0.875. The first kappa shape index (κ1) is 10.8. The van der Waals surface area contributed by atoms with Crippen molar-refractivity contribution >= 4 is 17.7 Å². The topological polar surface area (TPSA) is 55.6 Å². The van der Waals surface area contributed by atoms with E-state index in [1.54, 1.807) is 0 Å². The Morgan fingerprint density at radius 2 is 2.15 bits per heavy atom. The molecule has 4 nitrogen and oxygen atoms in total. The van der Waals surface area contributed by atoms with E-state index in [2.05, 4.69) is 0 Å². The van der Waals surface area contributed by atoms with Gasteiger partial charge in [-0.2, -0.15) is 11.8 Å². The van der Waals surface area contributed by atoms with Crippen molar-refractivity contribution in [1.29, 1.82) is 0 Å². The van der Waals surface area contributed by atoms with Crippen LogP contribution in [0.2, 0.25) is 0 Å². The van der Waals surface area contributed by atoms with Gasteiger partial charge in [0, 0.05) is 31.1 Å². The standard InChI is InChI=1S/C8H16N2O2S/c9-1-4-12-7-8(11)10-2-5-13-6-3-10/h1-7,9H2. The molecular formula is C8H16N2O2S. The molecule has 2 N–H and O–H groups in total. The van der Waals surface area contributed by atoms with Crippen LogP contribution in [0.5, 0.6) is 0 Å². The molecule has 0 unspecified atom stereocenters. The van der Waals surface area contributed by atoms with Crippen LogP contribution in [0.25, 0.3) is 0 Å². The van der Waals surface area contributed by atoms with Crippen molar-refractivity contribution in [3.05, 3.63) is 0 Å². The van der Waals surface area contributed by atoms with Crippen molar-refractivity contribution in [2.75, 3.05) is 44.4 Å². The van der Waals surface area contributed by atoms with E-state index in [0.29, 0.717) is 13.2 Å². The minimum Gasteiger partial charge on any atom is -0.370 e. The maximum atomic E-state index is 11.4. The van der Waals surface area contributed by atoms with E-state index >= 15 is 0 Å². The van der Waals surface area contributed by atoms with Crippen molar-refractivity contribution < 1.29 is 9.53 Å². The largest absolute Gasteiger partial charge is 0.370 e. The van der Waals surface area contributed by atoms with Gasteiger partial charge in [0.25, 0.3) is 0 Å². The molecule has 5 heteroatoms. The average molecular weight is 204 g/mol. The third-order valence-electron chi connectivity index (χ3n) is 1.85. The van der Waals surface area contributed by atoms with Crippen LogP contribution in [0.1, 0.15) is 0 Å². The molecule has 13 heavy (non-hydrogen) atoms. The Morgan fingerprint density at radius 1 is 1.46 bits per heavy atom. The summed E-state index contributed by atoms with van der Waals surface area (Å²) in [5, 5.41) is 0. The maximum absolute atomic E-state index is 11.4. The quantitative estimate of drug-likeness (QED) is 0.629. The highest BCUT2D eigenvalue weighted by Crippen LogP contribution is 2.08. The second-order valence-electron chi connectivity index (χ2n) is 2.83. The molecule has 1 heterocycles. The molecule has 0 aromatic heterocycles. The van der Waals surface area contributed by atoms with Gasteiger partial charge in [0.05, 0.1) is 6.61 Å². The number of nitrogens with zero attached hydrogens (tertiary/aromatic N) is 1. The highest BCUT2D eigenvalue weighted by atomic mass is 32.2. The molecule has 0 saturated carbocycles. The molecule has 0 spiro atoms. The van der Waals surface area contributed by atoms with Crippen LogP contribution in [0.3, 0.4) is 0 Å². The summed E-state index contributed by atoms with van der Waals surface area (Å²) in [6, 6.07) is 0. The number of carbonyl (C=O) groups is 1. The van der Waals surface area contributed by atoms with E-state index in [9.17, 15) is 4.79 Å². The summed E-state index contributed by atoms with van der Waals surface area (Å²) in [5.41, 5.74) is 5.24. The Kier molecular flexibility index (Phi) is 5.19. The molecule has 0 aromatic carbocycles. The van der Waals surface area contributed by atoms with Crippen LogP contribution in [0, 0.1) is 0 Å². The number of hydrogen-bond acceptors (Lipinski definition) is 4. The van der Waals surface area contributed by atoms with Crippen molar-refractivity contribution in [2.45, 2.75) is 0 Å². The van der Waals surface area contributed by atoms with Gasteiger partial charge in [-0.05, 0) is 0 Å². The zero-order valence-electron chi connectivity index (χ0n) is 7.70. The molecule has 0 atom stereocenters. The Bertz CT molecular complexity index is 160. The van der Waals surface area contributed by atoms with Crippen molar-refractivity contribution in [1.82, 2.24) is 4.90 Å².